The Morgan fingerprint density at radius 3 is 2.79 bits per heavy atom. The van der Waals surface area contributed by atoms with Gasteiger partial charge >= 0.3 is 0 Å². The number of nitrogens with one attached hydrogen (secondary N) is 1. The molecule has 3 aromatic heterocycles. The first kappa shape index (κ1) is 18.1. The van der Waals surface area contributed by atoms with E-state index in [0.717, 1.165) is 26.8 Å². The van der Waals surface area contributed by atoms with Crippen molar-refractivity contribution in [3.63, 3.8) is 0 Å². The van der Waals surface area contributed by atoms with Crippen LogP contribution in [0.4, 0.5) is 5.13 Å². The minimum absolute atomic E-state index is 0.501. The maximum atomic E-state index is 6.00. The molecule has 5 rings (SSSR count). The quantitative estimate of drug-likeness (QED) is 0.501. The minimum atomic E-state index is 0.501. The number of anilines is 1. The molecule has 1 aliphatic rings. The van der Waals surface area contributed by atoms with Crippen LogP contribution in [0, 0.1) is 0 Å². The lowest BCUT2D eigenvalue weighted by molar-refractivity contribution is 0.462. The van der Waals surface area contributed by atoms with Crippen molar-refractivity contribution >= 4 is 26.7 Å². The summed E-state index contributed by atoms with van der Waals surface area (Å²) in [5.41, 5.74) is 1.82. The number of hydrogen-bond donors (Lipinski definition) is 1. The van der Waals surface area contributed by atoms with Gasteiger partial charge in [0.1, 0.15) is 11.4 Å². The molecule has 0 amide bonds. The van der Waals surface area contributed by atoms with Gasteiger partial charge in [0.2, 0.25) is 5.88 Å². The highest BCUT2D eigenvalue weighted by Crippen LogP contribution is 2.32. The van der Waals surface area contributed by atoms with Crippen LogP contribution >= 0.6 is 11.3 Å². The zero-order valence-electron chi connectivity index (χ0n) is 16.2. The summed E-state index contributed by atoms with van der Waals surface area (Å²) in [4.78, 5) is 13.6. The number of rotatable bonds is 5. The van der Waals surface area contributed by atoms with Crippen LogP contribution in [0.2, 0.25) is 0 Å². The van der Waals surface area contributed by atoms with Gasteiger partial charge in [-0.1, -0.05) is 30.6 Å². The van der Waals surface area contributed by atoms with Crippen molar-refractivity contribution in [2.24, 2.45) is 7.05 Å². The lowest BCUT2D eigenvalue weighted by Crippen LogP contribution is -2.21. The van der Waals surface area contributed by atoms with Crippen LogP contribution in [0.15, 0.2) is 42.7 Å². The van der Waals surface area contributed by atoms with Crippen LogP contribution in [0.25, 0.3) is 21.7 Å². The van der Waals surface area contributed by atoms with Crippen molar-refractivity contribution in [2.75, 3.05) is 5.32 Å². The van der Waals surface area contributed by atoms with E-state index < -0.39 is 0 Å². The van der Waals surface area contributed by atoms with Crippen LogP contribution in [0.5, 0.6) is 11.6 Å². The fourth-order valence-corrected chi connectivity index (χ4v) is 4.66. The first-order chi connectivity index (χ1) is 14.2. The van der Waals surface area contributed by atoms with Gasteiger partial charge in [0.15, 0.2) is 11.0 Å². The lowest BCUT2D eigenvalue weighted by atomic mass is 9.96. The van der Waals surface area contributed by atoms with Crippen molar-refractivity contribution < 1.29 is 4.74 Å². The van der Waals surface area contributed by atoms with E-state index in [1.807, 2.05) is 31.3 Å². The van der Waals surface area contributed by atoms with Gasteiger partial charge in [-0.2, -0.15) is 10.1 Å². The third-order valence-electron chi connectivity index (χ3n) is 5.20. The van der Waals surface area contributed by atoms with E-state index in [-0.39, 0.29) is 0 Å². The maximum Gasteiger partial charge on any atom is 0.222 e. The summed E-state index contributed by atoms with van der Waals surface area (Å²) in [6.45, 7) is 0. The number of aryl methyl sites for hydroxylation is 1. The fraction of sp³-hybridized carbons (Fsp3) is 0.333. The summed E-state index contributed by atoms with van der Waals surface area (Å²) in [7, 11) is 1.86. The van der Waals surface area contributed by atoms with Crippen molar-refractivity contribution in [3.05, 3.63) is 42.7 Å². The molecule has 1 aromatic carbocycles. The Hall–Kier alpha value is -3.00. The molecule has 8 heteroatoms. The Bertz CT molecular complexity index is 1130. The molecule has 0 bridgehead atoms. The Balaban J connectivity index is 1.35. The second kappa shape index (κ2) is 7.79. The summed E-state index contributed by atoms with van der Waals surface area (Å²) in [6, 6.07) is 10.1. The number of fused-ring (bicyclic) bond motifs is 1. The molecule has 29 heavy (non-hydrogen) atoms. The van der Waals surface area contributed by atoms with Crippen molar-refractivity contribution in [1.29, 1.82) is 0 Å². The average Bonchev–Trinajstić information content (AvgIpc) is 3.34. The topological polar surface area (TPSA) is 77.8 Å². The van der Waals surface area contributed by atoms with Gasteiger partial charge in [0.05, 0.1) is 10.2 Å². The first-order valence-electron chi connectivity index (χ1n) is 9.91. The Morgan fingerprint density at radius 2 is 1.97 bits per heavy atom. The molecule has 0 aliphatic heterocycles. The highest BCUT2D eigenvalue weighted by molar-refractivity contribution is 7.22. The van der Waals surface area contributed by atoms with Crippen LogP contribution in [-0.2, 0) is 7.05 Å². The Labute approximate surface area is 172 Å². The lowest BCUT2D eigenvalue weighted by Gasteiger charge is -2.22. The predicted octanol–water partition coefficient (Wildman–Crippen LogP) is 5.02. The molecule has 148 valence electrons. The molecule has 0 atom stereocenters. The summed E-state index contributed by atoms with van der Waals surface area (Å²) in [6.07, 6.45) is 9.85. The molecule has 0 radical (unpaired) electrons. The molecule has 1 saturated carbocycles. The minimum Gasteiger partial charge on any atom is -0.439 e. The summed E-state index contributed by atoms with van der Waals surface area (Å²) in [5.74, 6) is 1.82. The fourth-order valence-electron chi connectivity index (χ4n) is 3.69. The van der Waals surface area contributed by atoms with E-state index in [1.54, 1.807) is 34.5 Å². The number of benzene rings is 1. The zero-order valence-corrected chi connectivity index (χ0v) is 17.0. The van der Waals surface area contributed by atoms with Gasteiger partial charge in [0, 0.05) is 37.6 Å². The molecule has 0 spiro atoms. The van der Waals surface area contributed by atoms with Gasteiger partial charge in [-0.05, 0) is 31.0 Å². The monoisotopic (exact) mass is 406 g/mol. The van der Waals surface area contributed by atoms with E-state index >= 15 is 0 Å². The van der Waals surface area contributed by atoms with Crippen LogP contribution in [-0.4, -0.2) is 30.8 Å². The van der Waals surface area contributed by atoms with Gasteiger partial charge in [-0.15, -0.1) is 0 Å². The number of ether oxygens (including phenoxy) is 1. The van der Waals surface area contributed by atoms with E-state index in [2.05, 4.69) is 20.4 Å². The SMILES string of the molecule is Cn1nccc1-c1nccc(Oc2ccc3nc(NC4CCCCC4)sc3c2)n1. The van der Waals surface area contributed by atoms with Crippen molar-refractivity contribution in [3.8, 4) is 23.1 Å². The third kappa shape index (κ3) is 3.93. The molecule has 0 saturated heterocycles. The van der Waals surface area contributed by atoms with E-state index in [1.165, 1.54) is 32.1 Å². The van der Waals surface area contributed by atoms with Gasteiger partial charge in [0.25, 0.3) is 0 Å². The van der Waals surface area contributed by atoms with Crippen LogP contribution in [0.3, 0.4) is 0 Å². The van der Waals surface area contributed by atoms with E-state index in [9.17, 15) is 0 Å². The molecule has 1 N–H and O–H groups in total. The Kier molecular flexibility index (Phi) is 4.85. The summed E-state index contributed by atoms with van der Waals surface area (Å²) >= 11 is 1.67. The molecule has 3 heterocycles. The van der Waals surface area contributed by atoms with Crippen LogP contribution in [0.1, 0.15) is 32.1 Å². The summed E-state index contributed by atoms with van der Waals surface area (Å²) < 4.78 is 8.84. The molecular weight excluding hydrogens is 384 g/mol. The molecule has 7 nitrogen and oxygen atoms in total. The van der Waals surface area contributed by atoms with Gasteiger partial charge in [-0.25, -0.2) is 9.97 Å². The second-order valence-corrected chi connectivity index (χ2v) is 8.32. The predicted molar refractivity (Wildman–Crippen MR) is 114 cm³/mol. The molecule has 0 unspecified atom stereocenters. The van der Waals surface area contributed by atoms with Crippen molar-refractivity contribution in [1.82, 2.24) is 24.7 Å². The standard InChI is InChI=1S/C21H22N6OS/c1-27-17(9-12-23-27)20-22-11-10-19(26-20)28-15-7-8-16-18(13-15)29-21(25-16)24-14-5-3-2-4-6-14/h7-14H,2-6H2,1H3,(H,24,25). The van der Waals surface area contributed by atoms with E-state index in [4.69, 9.17) is 9.72 Å². The zero-order chi connectivity index (χ0) is 19.6. The van der Waals surface area contributed by atoms with Gasteiger partial charge < -0.3 is 10.1 Å². The number of thiazole rings is 1. The molecule has 1 fully saturated rings. The van der Waals surface area contributed by atoms with E-state index in [0.29, 0.717) is 17.7 Å². The average molecular weight is 407 g/mol. The molecule has 1 aliphatic carbocycles. The number of hydrogen-bond acceptors (Lipinski definition) is 7. The Morgan fingerprint density at radius 1 is 1.07 bits per heavy atom. The maximum absolute atomic E-state index is 6.00. The number of nitrogens with zero attached hydrogens (tertiary/aromatic N) is 5. The van der Waals surface area contributed by atoms with Crippen molar-refractivity contribution in [2.45, 2.75) is 38.1 Å². The van der Waals surface area contributed by atoms with Crippen LogP contribution < -0.4 is 10.1 Å². The highest BCUT2D eigenvalue weighted by Gasteiger charge is 2.15. The molecular formula is C21H22N6OS. The largest absolute Gasteiger partial charge is 0.439 e. The third-order valence-corrected chi connectivity index (χ3v) is 6.14. The second-order valence-electron chi connectivity index (χ2n) is 7.29. The molecule has 4 aromatic rings. The smallest absolute Gasteiger partial charge is 0.222 e. The highest BCUT2D eigenvalue weighted by atomic mass is 32.1. The normalized spacial score (nSPS) is 14.9. The summed E-state index contributed by atoms with van der Waals surface area (Å²) in [5, 5.41) is 8.77. The number of aromatic nitrogens is 5. The van der Waals surface area contributed by atoms with Gasteiger partial charge in [-0.3, -0.25) is 4.68 Å². The first-order valence-corrected chi connectivity index (χ1v) is 10.7.